The molecule has 4 nitrogen and oxygen atoms in total. The molecule has 140 valence electrons. The zero-order chi connectivity index (χ0) is 18.5. The van der Waals surface area contributed by atoms with Crippen LogP contribution in [-0.4, -0.2) is 40.9 Å². The lowest BCUT2D eigenvalue weighted by Gasteiger charge is -2.31. The summed E-state index contributed by atoms with van der Waals surface area (Å²) in [6.07, 6.45) is 0.645. The van der Waals surface area contributed by atoms with Crippen molar-refractivity contribution in [2.45, 2.75) is 31.7 Å². The zero-order valence-electron chi connectivity index (χ0n) is 14.4. The Hall–Kier alpha value is -1.11. The molecule has 0 bridgehead atoms. The second-order valence-electron chi connectivity index (χ2n) is 6.64. The quantitative estimate of drug-likeness (QED) is 0.708. The number of aliphatic hydroxyl groups excluding tert-OH is 2. The number of nitrogens with zero attached hydrogens (tertiary/aromatic N) is 1. The second-order valence-corrected chi connectivity index (χ2v) is 8.00. The molecular weight excluding hydrogens is 418 g/mol. The van der Waals surface area contributed by atoms with Crippen LogP contribution < -0.4 is 4.74 Å². The van der Waals surface area contributed by atoms with Gasteiger partial charge in [0.25, 0.3) is 0 Å². The van der Waals surface area contributed by atoms with Crippen molar-refractivity contribution >= 4 is 27.5 Å². The molecule has 1 heterocycles. The standard InChI is InChI=1S/C20H23BrClNO3/c21-15-3-6-20(26-13-14-1-4-16(22)5-2-14)18(11-15)19(25)12-23-9-7-17(24)8-10-23/h1-6,11,17,19,24-25H,7-10,12-13H2. The van der Waals surface area contributed by atoms with Crippen molar-refractivity contribution in [3.05, 3.63) is 63.1 Å². The van der Waals surface area contributed by atoms with E-state index in [0.29, 0.717) is 23.9 Å². The Morgan fingerprint density at radius 3 is 2.54 bits per heavy atom. The molecule has 0 aromatic heterocycles. The second kappa shape index (κ2) is 9.20. The molecule has 0 saturated carbocycles. The van der Waals surface area contributed by atoms with E-state index in [4.69, 9.17) is 16.3 Å². The third kappa shape index (κ3) is 5.44. The fraction of sp³-hybridized carbons (Fsp3) is 0.400. The van der Waals surface area contributed by atoms with Crippen molar-refractivity contribution in [2.75, 3.05) is 19.6 Å². The summed E-state index contributed by atoms with van der Waals surface area (Å²) >= 11 is 9.39. The van der Waals surface area contributed by atoms with Crippen LogP contribution in [0.25, 0.3) is 0 Å². The molecule has 3 rings (SSSR count). The van der Waals surface area contributed by atoms with E-state index >= 15 is 0 Å². The first-order valence-corrected chi connectivity index (χ1v) is 9.93. The maximum atomic E-state index is 10.8. The molecule has 1 fully saturated rings. The fourth-order valence-electron chi connectivity index (χ4n) is 3.10. The number of rotatable bonds is 6. The Morgan fingerprint density at radius 2 is 1.85 bits per heavy atom. The predicted molar refractivity (Wildman–Crippen MR) is 107 cm³/mol. The summed E-state index contributed by atoms with van der Waals surface area (Å²) in [6.45, 7) is 2.54. The number of β-amino-alcohol motifs (C(OH)–C–C–N with tert-alkyl or cyclic N) is 1. The van der Waals surface area contributed by atoms with Crippen LogP contribution in [0.15, 0.2) is 46.9 Å². The van der Waals surface area contributed by atoms with Gasteiger partial charge in [0.05, 0.1) is 12.2 Å². The smallest absolute Gasteiger partial charge is 0.125 e. The largest absolute Gasteiger partial charge is 0.489 e. The summed E-state index contributed by atoms with van der Waals surface area (Å²) in [4.78, 5) is 2.18. The highest BCUT2D eigenvalue weighted by Crippen LogP contribution is 2.30. The molecule has 0 spiro atoms. The molecule has 0 aliphatic carbocycles. The van der Waals surface area contributed by atoms with Crippen molar-refractivity contribution in [1.82, 2.24) is 4.90 Å². The summed E-state index contributed by atoms with van der Waals surface area (Å²) in [6, 6.07) is 13.2. The van der Waals surface area contributed by atoms with E-state index < -0.39 is 6.10 Å². The number of halogens is 2. The van der Waals surface area contributed by atoms with Crippen molar-refractivity contribution in [3.63, 3.8) is 0 Å². The van der Waals surface area contributed by atoms with Gasteiger partial charge in [-0.1, -0.05) is 39.7 Å². The Labute approximate surface area is 167 Å². The number of benzene rings is 2. The van der Waals surface area contributed by atoms with Gasteiger partial charge in [0.1, 0.15) is 12.4 Å². The van der Waals surface area contributed by atoms with Crippen LogP contribution in [0, 0.1) is 0 Å². The van der Waals surface area contributed by atoms with E-state index in [9.17, 15) is 10.2 Å². The van der Waals surface area contributed by atoms with E-state index in [2.05, 4.69) is 20.8 Å². The van der Waals surface area contributed by atoms with Gasteiger partial charge in [0, 0.05) is 34.7 Å². The molecule has 1 aliphatic rings. The van der Waals surface area contributed by atoms with E-state index in [1.165, 1.54) is 0 Å². The van der Waals surface area contributed by atoms with Crippen LogP contribution in [-0.2, 0) is 6.61 Å². The molecule has 6 heteroatoms. The fourth-order valence-corrected chi connectivity index (χ4v) is 3.60. The number of hydrogen-bond acceptors (Lipinski definition) is 4. The lowest BCUT2D eigenvalue weighted by atomic mass is 10.0. The number of hydrogen-bond donors (Lipinski definition) is 2. The molecule has 0 amide bonds. The highest BCUT2D eigenvalue weighted by Gasteiger charge is 2.22. The highest BCUT2D eigenvalue weighted by molar-refractivity contribution is 9.10. The SMILES string of the molecule is OC1CCN(CC(O)c2cc(Br)ccc2OCc2ccc(Cl)cc2)CC1. The van der Waals surface area contributed by atoms with Gasteiger partial charge in [-0.15, -0.1) is 0 Å². The Bertz CT molecular complexity index is 717. The van der Waals surface area contributed by atoms with E-state index in [1.54, 1.807) is 0 Å². The number of ether oxygens (including phenoxy) is 1. The monoisotopic (exact) mass is 439 g/mol. The molecule has 2 aromatic carbocycles. The van der Waals surface area contributed by atoms with Crippen LogP contribution >= 0.6 is 27.5 Å². The van der Waals surface area contributed by atoms with Gasteiger partial charge in [-0.2, -0.15) is 0 Å². The van der Waals surface area contributed by atoms with Crippen molar-refractivity contribution in [2.24, 2.45) is 0 Å². The molecular formula is C20H23BrClNO3. The zero-order valence-corrected chi connectivity index (χ0v) is 16.8. The first-order chi connectivity index (χ1) is 12.5. The van der Waals surface area contributed by atoms with Crippen molar-refractivity contribution < 1.29 is 14.9 Å². The average molecular weight is 441 g/mol. The van der Waals surface area contributed by atoms with Gasteiger partial charge in [-0.05, 0) is 48.7 Å². The van der Waals surface area contributed by atoms with Gasteiger partial charge >= 0.3 is 0 Å². The maximum absolute atomic E-state index is 10.8. The van der Waals surface area contributed by atoms with E-state index in [0.717, 1.165) is 41.5 Å². The summed E-state index contributed by atoms with van der Waals surface area (Å²) in [7, 11) is 0. The lowest BCUT2D eigenvalue weighted by Crippen LogP contribution is -2.38. The minimum atomic E-state index is -0.650. The minimum absolute atomic E-state index is 0.215. The third-order valence-electron chi connectivity index (χ3n) is 4.63. The number of piperidine rings is 1. The van der Waals surface area contributed by atoms with Crippen LogP contribution in [0.2, 0.25) is 5.02 Å². The van der Waals surface area contributed by atoms with Crippen LogP contribution in [0.1, 0.15) is 30.1 Å². The molecule has 1 saturated heterocycles. The highest BCUT2D eigenvalue weighted by atomic mass is 79.9. The average Bonchev–Trinajstić information content (AvgIpc) is 2.64. The maximum Gasteiger partial charge on any atom is 0.125 e. The van der Waals surface area contributed by atoms with Gasteiger partial charge in [-0.25, -0.2) is 0 Å². The summed E-state index contributed by atoms with van der Waals surface area (Å²) < 4.78 is 6.87. The lowest BCUT2D eigenvalue weighted by molar-refractivity contribution is 0.0498. The molecule has 26 heavy (non-hydrogen) atoms. The first kappa shape index (κ1) is 19.6. The van der Waals surface area contributed by atoms with Crippen LogP contribution in [0.4, 0.5) is 0 Å². The molecule has 1 unspecified atom stereocenters. The number of likely N-dealkylation sites (tertiary alicyclic amines) is 1. The predicted octanol–water partition coefficient (Wildman–Crippen LogP) is 4.17. The van der Waals surface area contributed by atoms with Crippen molar-refractivity contribution in [3.8, 4) is 5.75 Å². The van der Waals surface area contributed by atoms with Gasteiger partial charge in [0.2, 0.25) is 0 Å². The van der Waals surface area contributed by atoms with E-state index in [1.807, 2.05) is 42.5 Å². The van der Waals surface area contributed by atoms with Crippen LogP contribution in [0.5, 0.6) is 5.75 Å². The number of aliphatic hydroxyl groups is 2. The third-order valence-corrected chi connectivity index (χ3v) is 5.37. The Morgan fingerprint density at radius 1 is 1.15 bits per heavy atom. The molecule has 1 atom stereocenters. The molecule has 2 aromatic rings. The normalized spacial score (nSPS) is 17.2. The topological polar surface area (TPSA) is 52.9 Å². The van der Waals surface area contributed by atoms with Crippen molar-refractivity contribution in [1.29, 1.82) is 0 Å². The minimum Gasteiger partial charge on any atom is -0.489 e. The summed E-state index contributed by atoms with van der Waals surface area (Å²) in [5.41, 5.74) is 1.78. The summed E-state index contributed by atoms with van der Waals surface area (Å²) in [5, 5.41) is 21.1. The molecule has 1 aliphatic heterocycles. The van der Waals surface area contributed by atoms with E-state index in [-0.39, 0.29) is 6.10 Å². The van der Waals surface area contributed by atoms with Crippen LogP contribution in [0.3, 0.4) is 0 Å². The molecule has 0 radical (unpaired) electrons. The molecule has 2 N–H and O–H groups in total. The Kier molecular flexibility index (Phi) is 6.95. The van der Waals surface area contributed by atoms with Gasteiger partial charge < -0.3 is 19.8 Å². The Balaban J connectivity index is 1.67. The van der Waals surface area contributed by atoms with Gasteiger partial charge in [-0.3, -0.25) is 0 Å². The first-order valence-electron chi connectivity index (χ1n) is 8.76. The summed E-state index contributed by atoms with van der Waals surface area (Å²) in [5.74, 6) is 0.674. The van der Waals surface area contributed by atoms with Gasteiger partial charge in [0.15, 0.2) is 0 Å².